The summed E-state index contributed by atoms with van der Waals surface area (Å²) in [5, 5.41) is 6.74. The summed E-state index contributed by atoms with van der Waals surface area (Å²) in [7, 11) is 0. The lowest BCUT2D eigenvalue weighted by Gasteiger charge is -2.19. The van der Waals surface area contributed by atoms with E-state index in [1.165, 1.54) is 0 Å². The Morgan fingerprint density at radius 1 is 1.37 bits per heavy atom. The molecular formula is C13H16N4O2. The number of rotatable bonds is 2. The summed E-state index contributed by atoms with van der Waals surface area (Å²) in [6.45, 7) is 5.43. The van der Waals surface area contributed by atoms with Crippen molar-refractivity contribution in [1.82, 2.24) is 14.8 Å². The zero-order valence-electron chi connectivity index (χ0n) is 11.1. The van der Waals surface area contributed by atoms with Crippen molar-refractivity contribution in [3.63, 3.8) is 0 Å². The van der Waals surface area contributed by atoms with Crippen molar-refractivity contribution in [2.45, 2.75) is 26.4 Å². The molecular weight excluding hydrogens is 244 g/mol. The predicted octanol–water partition coefficient (Wildman–Crippen LogP) is 2.61. The second kappa shape index (κ2) is 5.09. The Hall–Kier alpha value is -2.37. The second-order valence-corrected chi connectivity index (χ2v) is 4.99. The van der Waals surface area contributed by atoms with Gasteiger partial charge in [-0.1, -0.05) is 6.07 Å². The van der Waals surface area contributed by atoms with Crippen LogP contribution in [0.1, 0.15) is 20.8 Å². The number of nitrogens with one attached hydrogen (secondary N) is 1. The number of ether oxygens (including phenoxy) is 1. The molecule has 0 radical (unpaired) electrons. The summed E-state index contributed by atoms with van der Waals surface area (Å²) in [6, 6.07) is 5.52. The Balaban J connectivity index is 2.04. The molecule has 0 bridgehead atoms. The molecule has 0 aliphatic rings. The highest BCUT2D eigenvalue weighted by atomic mass is 16.6. The lowest BCUT2D eigenvalue weighted by molar-refractivity contribution is 0.0636. The van der Waals surface area contributed by atoms with Crippen LogP contribution in [0.5, 0.6) is 0 Å². The minimum atomic E-state index is -0.527. The molecule has 2 heterocycles. The zero-order valence-corrected chi connectivity index (χ0v) is 11.1. The third kappa shape index (κ3) is 3.80. The summed E-state index contributed by atoms with van der Waals surface area (Å²) < 4.78 is 6.73. The number of hydrogen-bond donors (Lipinski definition) is 1. The van der Waals surface area contributed by atoms with Gasteiger partial charge in [0.1, 0.15) is 5.60 Å². The minimum absolute atomic E-state index is 0.506. The van der Waals surface area contributed by atoms with Gasteiger partial charge < -0.3 is 4.74 Å². The van der Waals surface area contributed by atoms with Crippen LogP contribution < -0.4 is 5.32 Å². The van der Waals surface area contributed by atoms with E-state index in [1.807, 2.05) is 39.0 Å². The maximum Gasteiger partial charge on any atom is 0.412 e. The molecule has 0 aromatic carbocycles. The predicted molar refractivity (Wildman–Crippen MR) is 71.2 cm³/mol. The van der Waals surface area contributed by atoms with Crippen molar-refractivity contribution in [2.75, 3.05) is 5.32 Å². The van der Waals surface area contributed by atoms with Crippen molar-refractivity contribution in [3.8, 4) is 5.82 Å². The van der Waals surface area contributed by atoms with Gasteiger partial charge in [-0.2, -0.15) is 5.10 Å². The second-order valence-electron chi connectivity index (χ2n) is 4.99. The smallest absolute Gasteiger partial charge is 0.412 e. The summed E-state index contributed by atoms with van der Waals surface area (Å²) >= 11 is 0. The average Bonchev–Trinajstić information content (AvgIpc) is 2.76. The molecule has 0 fully saturated rings. The van der Waals surface area contributed by atoms with Crippen LogP contribution in [0.3, 0.4) is 0 Å². The number of amides is 1. The van der Waals surface area contributed by atoms with Crippen molar-refractivity contribution in [1.29, 1.82) is 0 Å². The number of nitrogens with zero attached hydrogens (tertiary/aromatic N) is 3. The first-order valence-corrected chi connectivity index (χ1v) is 5.90. The molecule has 0 saturated carbocycles. The first-order chi connectivity index (χ1) is 8.94. The van der Waals surface area contributed by atoms with Gasteiger partial charge in [0.05, 0.1) is 18.1 Å². The molecule has 0 aliphatic carbocycles. The van der Waals surface area contributed by atoms with E-state index >= 15 is 0 Å². The van der Waals surface area contributed by atoms with Crippen LogP contribution in [-0.2, 0) is 4.74 Å². The van der Waals surface area contributed by atoms with Crippen LogP contribution >= 0.6 is 0 Å². The highest BCUT2D eigenvalue weighted by molar-refractivity contribution is 5.84. The Morgan fingerprint density at radius 3 is 2.79 bits per heavy atom. The Kier molecular flexibility index (Phi) is 3.50. The van der Waals surface area contributed by atoms with E-state index in [4.69, 9.17) is 4.74 Å². The molecule has 2 aromatic heterocycles. The fourth-order valence-corrected chi connectivity index (χ4v) is 1.42. The van der Waals surface area contributed by atoms with E-state index in [0.717, 1.165) is 0 Å². The number of carbonyl (C=O) groups is 1. The molecule has 0 aliphatic heterocycles. The molecule has 1 N–H and O–H groups in total. The standard InChI is InChI=1S/C13H16N4O2/c1-13(2,3)19-12(18)16-10-8-15-17(9-10)11-6-4-5-7-14-11/h4-9H,1-3H3,(H,16,18). The lowest BCUT2D eigenvalue weighted by atomic mass is 10.2. The van der Waals surface area contributed by atoms with Gasteiger partial charge in [-0.25, -0.2) is 14.5 Å². The third-order valence-electron chi connectivity index (χ3n) is 2.11. The fourth-order valence-electron chi connectivity index (χ4n) is 1.42. The maximum atomic E-state index is 11.6. The maximum absolute atomic E-state index is 11.6. The van der Waals surface area contributed by atoms with Crippen molar-refractivity contribution in [2.24, 2.45) is 0 Å². The number of hydrogen-bond acceptors (Lipinski definition) is 4. The average molecular weight is 260 g/mol. The molecule has 6 nitrogen and oxygen atoms in total. The molecule has 19 heavy (non-hydrogen) atoms. The zero-order chi connectivity index (χ0) is 13.9. The van der Waals surface area contributed by atoms with E-state index in [2.05, 4.69) is 15.4 Å². The van der Waals surface area contributed by atoms with Crippen LogP contribution in [0.25, 0.3) is 5.82 Å². The van der Waals surface area contributed by atoms with E-state index in [1.54, 1.807) is 23.3 Å². The molecule has 100 valence electrons. The van der Waals surface area contributed by atoms with Gasteiger partial charge in [-0.15, -0.1) is 0 Å². The number of carbonyl (C=O) groups excluding carboxylic acids is 1. The topological polar surface area (TPSA) is 69.0 Å². The third-order valence-corrected chi connectivity index (χ3v) is 2.11. The minimum Gasteiger partial charge on any atom is -0.444 e. The summed E-state index contributed by atoms with van der Waals surface area (Å²) in [4.78, 5) is 15.7. The van der Waals surface area contributed by atoms with Gasteiger partial charge in [0.15, 0.2) is 5.82 Å². The van der Waals surface area contributed by atoms with Crippen molar-refractivity contribution in [3.05, 3.63) is 36.8 Å². The summed E-state index contributed by atoms with van der Waals surface area (Å²) in [5.41, 5.74) is 0.0287. The Morgan fingerprint density at radius 2 is 2.16 bits per heavy atom. The number of pyridine rings is 1. The van der Waals surface area contributed by atoms with E-state index in [9.17, 15) is 4.79 Å². The van der Waals surface area contributed by atoms with Gasteiger partial charge in [-0.3, -0.25) is 5.32 Å². The van der Waals surface area contributed by atoms with Gasteiger partial charge in [0, 0.05) is 6.20 Å². The lowest BCUT2D eigenvalue weighted by Crippen LogP contribution is -2.27. The molecule has 2 aromatic rings. The molecule has 0 saturated heterocycles. The quantitative estimate of drug-likeness (QED) is 0.901. The molecule has 2 rings (SSSR count). The molecule has 0 atom stereocenters. The first-order valence-electron chi connectivity index (χ1n) is 5.90. The SMILES string of the molecule is CC(C)(C)OC(=O)Nc1cnn(-c2ccccn2)c1. The van der Waals surface area contributed by atoms with Crippen LogP contribution in [0, 0.1) is 0 Å². The summed E-state index contributed by atoms with van der Waals surface area (Å²) in [6.07, 6.45) is 4.39. The molecule has 0 spiro atoms. The van der Waals surface area contributed by atoms with Crippen molar-refractivity contribution >= 4 is 11.8 Å². The Labute approximate surface area is 111 Å². The van der Waals surface area contributed by atoms with Crippen LogP contribution in [0.2, 0.25) is 0 Å². The van der Waals surface area contributed by atoms with Crippen LogP contribution in [-0.4, -0.2) is 26.5 Å². The molecule has 1 amide bonds. The normalized spacial score (nSPS) is 11.1. The number of anilines is 1. The van der Waals surface area contributed by atoms with Gasteiger partial charge in [0.2, 0.25) is 0 Å². The van der Waals surface area contributed by atoms with E-state index in [0.29, 0.717) is 11.5 Å². The van der Waals surface area contributed by atoms with Gasteiger partial charge >= 0.3 is 6.09 Å². The summed E-state index contributed by atoms with van der Waals surface area (Å²) in [5.74, 6) is 0.680. The van der Waals surface area contributed by atoms with Crippen LogP contribution in [0.15, 0.2) is 36.8 Å². The highest BCUT2D eigenvalue weighted by Gasteiger charge is 2.16. The molecule has 6 heteroatoms. The highest BCUT2D eigenvalue weighted by Crippen LogP contribution is 2.12. The first kappa shape index (κ1) is 13.1. The van der Waals surface area contributed by atoms with Gasteiger partial charge in [0.25, 0.3) is 0 Å². The van der Waals surface area contributed by atoms with E-state index in [-0.39, 0.29) is 0 Å². The fraction of sp³-hybridized carbons (Fsp3) is 0.308. The largest absolute Gasteiger partial charge is 0.444 e. The molecule has 0 unspecified atom stereocenters. The van der Waals surface area contributed by atoms with Crippen molar-refractivity contribution < 1.29 is 9.53 Å². The Bertz CT molecular complexity index is 558. The number of aromatic nitrogens is 3. The van der Waals surface area contributed by atoms with Crippen LogP contribution in [0.4, 0.5) is 10.5 Å². The van der Waals surface area contributed by atoms with E-state index < -0.39 is 11.7 Å². The van der Waals surface area contributed by atoms with Gasteiger partial charge in [-0.05, 0) is 32.9 Å². The monoisotopic (exact) mass is 260 g/mol.